The van der Waals surface area contributed by atoms with Crippen molar-refractivity contribution in [2.45, 2.75) is 12.0 Å². The fourth-order valence-corrected chi connectivity index (χ4v) is 4.77. The molecule has 2 aromatic rings. The van der Waals surface area contributed by atoms with Gasteiger partial charge in [-0.1, -0.05) is 17.0 Å². The molecule has 1 atom stereocenters. The molecule has 11 heteroatoms. The minimum Gasteiger partial charge on any atom is -0.497 e. The van der Waals surface area contributed by atoms with Gasteiger partial charge in [0.05, 0.1) is 26.9 Å². The maximum atomic E-state index is 13.2. The Hall–Kier alpha value is -4.56. The Labute approximate surface area is 219 Å². The van der Waals surface area contributed by atoms with E-state index in [0.29, 0.717) is 67.5 Å². The second kappa shape index (κ2) is 10.4. The quantitative estimate of drug-likeness (QED) is 0.136. The Balaban J connectivity index is 1.37. The highest BCUT2D eigenvalue weighted by molar-refractivity contribution is 6.10. The van der Waals surface area contributed by atoms with Crippen LogP contribution in [0.25, 0.3) is 0 Å². The number of imide groups is 1. The van der Waals surface area contributed by atoms with Crippen molar-refractivity contribution in [1.82, 2.24) is 20.4 Å². The first-order valence-corrected chi connectivity index (χ1v) is 12.2. The van der Waals surface area contributed by atoms with Crippen LogP contribution in [0.1, 0.15) is 27.0 Å². The summed E-state index contributed by atoms with van der Waals surface area (Å²) in [6.07, 6.45) is 0.580. The number of fused-ring (bicyclic) bond motifs is 1. The van der Waals surface area contributed by atoms with Crippen LogP contribution in [-0.4, -0.2) is 90.7 Å². The van der Waals surface area contributed by atoms with E-state index in [-0.39, 0.29) is 12.5 Å². The molecule has 0 radical (unpaired) electrons. The Kier molecular flexibility index (Phi) is 6.89. The molecule has 0 bridgehead atoms. The van der Waals surface area contributed by atoms with Gasteiger partial charge in [0, 0.05) is 36.3 Å². The molecule has 2 fully saturated rings. The summed E-state index contributed by atoms with van der Waals surface area (Å²) in [5.41, 5.74) is 1.09. The van der Waals surface area contributed by atoms with Gasteiger partial charge < -0.3 is 29.8 Å². The molecule has 5 rings (SSSR count). The number of oxime groups is 1. The first-order valence-electron chi connectivity index (χ1n) is 12.2. The van der Waals surface area contributed by atoms with Gasteiger partial charge in [-0.05, 0) is 54.4 Å². The van der Waals surface area contributed by atoms with Crippen LogP contribution < -0.4 is 15.4 Å². The molecule has 38 heavy (non-hydrogen) atoms. The third-order valence-electron chi connectivity index (χ3n) is 6.82. The van der Waals surface area contributed by atoms with E-state index >= 15 is 0 Å². The summed E-state index contributed by atoms with van der Waals surface area (Å²) in [7, 11) is 1.57. The van der Waals surface area contributed by atoms with Gasteiger partial charge in [0.2, 0.25) is 5.54 Å². The standard InChI is InChI=1S/C27H27N5O6/c1-37-21-6-7-22-20(16-21)9-11-32(24(22)33)17-27(25(34)28-26(35)29-27)10-8-18-2-4-19(5-3-18)23(30-36)31-12-14-38-15-13-31/h2-7,16,36H,9,11-15,17H2,1H3,(H2,28,29,34,35)/t27-/m1/s1. The van der Waals surface area contributed by atoms with E-state index in [0.717, 1.165) is 5.56 Å². The second-order valence-electron chi connectivity index (χ2n) is 9.16. The third-order valence-corrected chi connectivity index (χ3v) is 6.82. The fourth-order valence-electron chi connectivity index (χ4n) is 4.77. The summed E-state index contributed by atoms with van der Waals surface area (Å²) in [5, 5.41) is 17.9. The monoisotopic (exact) mass is 517 g/mol. The highest BCUT2D eigenvalue weighted by Crippen LogP contribution is 2.25. The number of hydrogen-bond acceptors (Lipinski definition) is 7. The first-order chi connectivity index (χ1) is 18.4. The SMILES string of the molecule is COc1ccc2c(c1)CCN(C[C@@]1(C#Cc3ccc(C(=NO)N4CCOCC4)cc3)NC(=O)NC1=O)C2=O. The van der Waals surface area contributed by atoms with E-state index in [1.54, 1.807) is 43.5 Å². The lowest BCUT2D eigenvalue weighted by Crippen LogP contribution is -2.56. The van der Waals surface area contributed by atoms with Crippen molar-refractivity contribution in [3.8, 4) is 17.6 Å². The van der Waals surface area contributed by atoms with Crippen LogP contribution in [-0.2, 0) is 16.0 Å². The number of hydrogen-bond donors (Lipinski definition) is 3. The Morgan fingerprint density at radius 1 is 1.13 bits per heavy atom. The fraction of sp³-hybridized carbons (Fsp3) is 0.333. The Morgan fingerprint density at radius 2 is 1.89 bits per heavy atom. The Bertz CT molecular complexity index is 1360. The smallest absolute Gasteiger partial charge is 0.323 e. The summed E-state index contributed by atoms with van der Waals surface area (Å²) >= 11 is 0. The molecule has 11 nitrogen and oxygen atoms in total. The number of benzene rings is 2. The lowest BCUT2D eigenvalue weighted by Gasteiger charge is -2.33. The predicted octanol–water partition coefficient (Wildman–Crippen LogP) is 0.791. The van der Waals surface area contributed by atoms with Crippen molar-refractivity contribution in [3.05, 3.63) is 64.7 Å². The number of rotatable bonds is 4. The predicted molar refractivity (Wildman–Crippen MR) is 136 cm³/mol. The van der Waals surface area contributed by atoms with E-state index in [1.807, 2.05) is 11.0 Å². The van der Waals surface area contributed by atoms with Crippen molar-refractivity contribution in [2.24, 2.45) is 5.16 Å². The summed E-state index contributed by atoms with van der Waals surface area (Å²) < 4.78 is 10.6. The number of methoxy groups -OCH3 is 1. The molecule has 4 amide bonds. The molecule has 0 aromatic heterocycles. The number of amidine groups is 1. The van der Waals surface area contributed by atoms with E-state index in [1.165, 1.54) is 4.90 Å². The van der Waals surface area contributed by atoms with E-state index in [4.69, 9.17) is 9.47 Å². The number of carbonyl (C=O) groups excluding carboxylic acids is 3. The van der Waals surface area contributed by atoms with Crippen LogP contribution in [0.15, 0.2) is 47.6 Å². The molecule has 3 aliphatic rings. The van der Waals surface area contributed by atoms with E-state index < -0.39 is 17.5 Å². The molecule has 3 aliphatic heterocycles. The highest BCUT2D eigenvalue weighted by atomic mass is 16.5. The first kappa shape index (κ1) is 25.1. The van der Waals surface area contributed by atoms with Gasteiger partial charge in [0.15, 0.2) is 5.84 Å². The van der Waals surface area contributed by atoms with Crippen molar-refractivity contribution < 1.29 is 29.1 Å². The normalized spacial score (nSPS) is 21.3. The summed E-state index contributed by atoms with van der Waals surface area (Å²) in [5.74, 6) is 6.13. The molecule has 0 spiro atoms. The van der Waals surface area contributed by atoms with Gasteiger partial charge in [0.1, 0.15) is 5.75 Å². The molecule has 0 unspecified atom stereocenters. The zero-order chi connectivity index (χ0) is 26.7. The maximum Gasteiger partial charge on any atom is 0.323 e. The Morgan fingerprint density at radius 3 is 2.55 bits per heavy atom. The molecule has 3 N–H and O–H groups in total. The number of ether oxygens (including phenoxy) is 2. The maximum absolute atomic E-state index is 13.2. The molecule has 0 saturated carbocycles. The number of nitrogens with one attached hydrogen (secondary N) is 2. The number of nitrogens with zero attached hydrogens (tertiary/aromatic N) is 3. The van der Waals surface area contributed by atoms with E-state index in [2.05, 4.69) is 27.6 Å². The molecule has 0 aliphatic carbocycles. The van der Waals surface area contributed by atoms with Gasteiger partial charge in [-0.2, -0.15) is 0 Å². The number of urea groups is 1. The van der Waals surface area contributed by atoms with Crippen LogP contribution in [0, 0.1) is 11.8 Å². The van der Waals surface area contributed by atoms with Gasteiger partial charge in [-0.25, -0.2) is 4.79 Å². The molecule has 2 saturated heterocycles. The summed E-state index contributed by atoms with van der Waals surface area (Å²) in [6, 6.07) is 11.6. The van der Waals surface area contributed by atoms with Crippen LogP contribution in [0.2, 0.25) is 0 Å². The zero-order valence-electron chi connectivity index (χ0n) is 20.8. The van der Waals surface area contributed by atoms with Crippen molar-refractivity contribution in [3.63, 3.8) is 0 Å². The van der Waals surface area contributed by atoms with Crippen LogP contribution >= 0.6 is 0 Å². The van der Waals surface area contributed by atoms with Gasteiger partial charge in [0.25, 0.3) is 11.8 Å². The van der Waals surface area contributed by atoms with Gasteiger partial charge in [-0.15, -0.1) is 0 Å². The molecule has 3 heterocycles. The van der Waals surface area contributed by atoms with Crippen LogP contribution in [0.5, 0.6) is 5.75 Å². The third kappa shape index (κ3) is 4.86. The minimum absolute atomic E-state index is 0.0989. The molecule has 2 aromatic carbocycles. The minimum atomic E-state index is -1.60. The van der Waals surface area contributed by atoms with Gasteiger partial charge in [-0.3, -0.25) is 14.9 Å². The summed E-state index contributed by atoms with van der Waals surface area (Å²) in [6.45, 7) is 2.61. The topological polar surface area (TPSA) is 133 Å². The zero-order valence-corrected chi connectivity index (χ0v) is 20.8. The van der Waals surface area contributed by atoms with Gasteiger partial charge >= 0.3 is 6.03 Å². The van der Waals surface area contributed by atoms with E-state index in [9.17, 15) is 19.6 Å². The highest BCUT2D eigenvalue weighted by Gasteiger charge is 2.47. The second-order valence-corrected chi connectivity index (χ2v) is 9.16. The van der Waals surface area contributed by atoms with Crippen molar-refractivity contribution >= 4 is 23.7 Å². The molecule has 196 valence electrons. The number of carbonyl (C=O) groups is 3. The van der Waals surface area contributed by atoms with Crippen molar-refractivity contribution in [2.75, 3.05) is 46.5 Å². The van der Waals surface area contributed by atoms with Crippen molar-refractivity contribution in [1.29, 1.82) is 0 Å². The number of morpholine rings is 1. The van der Waals surface area contributed by atoms with Crippen LogP contribution in [0.4, 0.5) is 4.79 Å². The molecular weight excluding hydrogens is 490 g/mol. The average Bonchev–Trinajstić information content (AvgIpc) is 3.23. The average molecular weight is 518 g/mol. The summed E-state index contributed by atoms with van der Waals surface area (Å²) in [4.78, 5) is 41.7. The largest absolute Gasteiger partial charge is 0.497 e. The lowest BCUT2D eigenvalue weighted by molar-refractivity contribution is -0.122. The van der Waals surface area contributed by atoms with Crippen LogP contribution in [0.3, 0.4) is 0 Å². The number of amides is 4. The lowest BCUT2D eigenvalue weighted by atomic mass is 9.94. The molecular formula is C27H27N5O6.